The van der Waals surface area contributed by atoms with Crippen LogP contribution in [0.3, 0.4) is 0 Å². The Kier molecular flexibility index (Phi) is 6.37. The van der Waals surface area contributed by atoms with E-state index in [2.05, 4.69) is 0 Å². The number of carbonyl (C=O) groups is 1. The van der Waals surface area contributed by atoms with E-state index < -0.39 is 5.97 Å². The van der Waals surface area contributed by atoms with E-state index >= 15 is 0 Å². The molecule has 1 N–H and O–H groups in total. The van der Waals surface area contributed by atoms with Crippen molar-refractivity contribution in [2.45, 2.75) is 25.4 Å². The van der Waals surface area contributed by atoms with Crippen molar-refractivity contribution in [1.29, 1.82) is 0 Å². The van der Waals surface area contributed by atoms with Gasteiger partial charge in [0.1, 0.15) is 0 Å². The van der Waals surface area contributed by atoms with Crippen LogP contribution < -0.4 is 0 Å². The fourth-order valence-corrected chi connectivity index (χ4v) is 1.88. The second-order valence-corrected chi connectivity index (χ2v) is 4.09. The molecule has 0 radical (unpaired) electrons. The lowest BCUT2D eigenvalue weighted by atomic mass is 10.2. The Morgan fingerprint density at radius 3 is 2.94 bits per heavy atom. The highest BCUT2D eigenvalue weighted by Crippen LogP contribution is 2.15. The van der Waals surface area contributed by atoms with Gasteiger partial charge in [-0.05, 0) is 19.3 Å². The van der Waals surface area contributed by atoms with Gasteiger partial charge in [0.2, 0.25) is 0 Å². The lowest BCUT2D eigenvalue weighted by molar-refractivity contribution is -0.138. The van der Waals surface area contributed by atoms with Crippen LogP contribution in [0.5, 0.6) is 0 Å². The first-order chi connectivity index (χ1) is 7.72. The SMILES string of the molecule is COCCN(CCC1CCCO1)CC(=O)O. The van der Waals surface area contributed by atoms with Crippen LogP contribution in [-0.2, 0) is 14.3 Å². The summed E-state index contributed by atoms with van der Waals surface area (Å²) in [5.41, 5.74) is 0. The average Bonchev–Trinajstić information content (AvgIpc) is 2.74. The van der Waals surface area contributed by atoms with E-state index in [1.807, 2.05) is 4.90 Å². The van der Waals surface area contributed by atoms with Crippen molar-refractivity contribution in [3.8, 4) is 0 Å². The molecule has 0 aromatic rings. The summed E-state index contributed by atoms with van der Waals surface area (Å²) in [4.78, 5) is 12.6. The Labute approximate surface area is 96.3 Å². The minimum Gasteiger partial charge on any atom is -0.480 e. The lowest BCUT2D eigenvalue weighted by Gasteiger charge is -2.21. The van der Waals surface area contributed by atoms with E-state index in [-0.39, 0.29) is 6.54 Å². The maximum Gasteiger partial charge on any atom is 0.317 e. The number of carboxylic acids is 1. The van der Waals surface area contributed by atoms with Crippen LogP contribution in [0.1, 0.15) is 19.3 Å². The predicted octanol–water partition coefficient (Wildman–Crippen LogP) is 0.589. The summed E-state index contributed by atoms with van der Waals surface area (Å²) in [5, 5.41) is 8.76. The zero-order valence-corrected chi connectivity index (χ0v) is 9.85. The molecule has 5 heteroatoms. The number of methoxy groups -OCH3 is 1. The fourth-order valence-electron chi connectivity index (χ4n) is 1.88. The molecule has 1 heterocycles. The van der Waals surface area contributed by atoms with Gasteiger partial charge in [-0.15, -0.1) is 0 Å². The molecule has 0 aromatic carbocycles. The van der Waals surface area contributed by atoms with Crippen molar-refractivity contribution in [2.75, 3.05) is 40.0 Å². The molecule has 16 heavy (non-hydrogen) atoms. The summed E-state index contributed by atoms with van der Waals surface area (Å²) in [7, 11) is 1.62. The molecule has 1 aliphatic heterocycles. The normalized spacial score (nSPS) is 20.5. The van der Waals surface area contributed by atoms with Crippen LogP contribution in [0.4, 0.5) is 0 Å². The molecule has 0 bridgehead atoms. The van der Waals surface area contributed by atoms with Gasteiger partial charge in [-0.1, -0.05) is 0 Å². The third kappa shape index (κ3) is 5.44. The van der Waals surface area contributed by atoms with Crippen LogP contribution in [0.2, 0.25) is 0 Å². The van der Waals surface area contributed by atoms with Crippen LogP contribution >= 0.6 is 0 Å². The first kappa shape index (κ1) is 13.4. The maximum atomic E-state index is 10.7. The van der Waals surface area contributed by atoms with Gasteiger partial charge in [0.05, 0.1) is 19.3 Å². The molecule has 1 atom stereocenters. The van der Waals surface area contributed by atoms with Crippen molar-refractivity contribution in [1.82, 2.24) is 4.90 Å². The molecule has 0 spiro atoms. The number of nitrogens with zero attached hydrogens (tertiary/aromatic N) is 1. The molecule has 1 fully saturated rings. The number of carboxylic acid groups (broad SMARTS) is 1. The zero-order chi connectivity index (χ0) is 11.8. The maximum absolute atomic E-state index is 10.7. The van der Waals surface area contributed by atoms with E-state index in [1.165, 1.54) is 0 Å². The first-order valence-electron chi connectivity index (χ1n) is 5.77. The van der Waals surface area contributed by atoms with Crippen LogP contribution in [0.25, 0.3) is 0 Å². The number of hydrogen-bond acceptors (Lipinski definition) is 4. The standard InChI is InChI=1S/C11H21NO4/c1-15-8-6-12(9-11(13)14)5-4-10-3-2-7-16-10/h10H,2-9H2,1H3,(H,13,14). The van der Waals surface area contributed by atoms with Gasteiger partial charge in [0.15, 0.2) is 0 Å². The molecule has 5 nitrogen and oxygen atoms in total. The quantitative estimate of drug-likeness (QED) is 0.662. The third-order valence-corrected chi connectivity index (χ3v) is 2.76. The van der Waals surface area contributed by atoms with Crippen molar-refractivity contribution in [2.24, 2.45) is 0 Å². The Morgan fingerprint density at radius 1 is 1.56 bits per heavy atom. The third-order valence-electron chi connectivity index (χ3n) is 2.76. The minimum atomic E-state index is -0.788. The minimum absolute atomic E-state index is 0.0794. The molecule has 1 saturated heterocycles. The predicted molar refractivity (Wildman–Crippen MR) is 59.5 cm³/mol. The Hall–Kier alpha value is -0.650. The van der Waals surface area contributed by atoms with Crippen molar-refractivity contribution in [3.05, 3.63) is 0 Å². The second-order valence-electron chi connectivity index (χ2n) is 4.09. The summed E-state index contributed by atoms with van der Waals surface area (Å²) in [5.74, 6) is -0.788. The Morgan fingerprint density at radius 2 is 2.38 bits per heavy atom. The van der Waals surface area contributed by atoms with E-state index in [9.17, 15) is 4.79 Å². The largest absolute Gasteiger partial charge is 0.480 e. The summed E-state index contributed by atoms with van der Waals surface area (Å²) < 4.78 is 10.5. The molecule has 1 rings (SSSR count). The van der Waals surface area contributed by atoms with Gasteiger partial charge >= 0.3 is 5.97 Å². The van der Waals surface area contributed by atoms with Gasteiger partial charge in [0, 0.05) is 26.8 Å². The number of ether oxygens (including phenoxy) is 2. The summed E-state index contributed by atoms with van der Waals surface area (Å²) in [6.45, 7) is 2.92. The summed E-state index contributed by atoms with van der Waals surface area (Å²) in [6.07, 6.45) is 3.46. The smallest absolute Gasteiger partial charge is 0.317 e. The summed E-state index contributed by atoms with van der Waals surface area (Å²) in [6, 6.07) is 0. The van der Waals surface area contributed by atoms with E-state index in [1.54, 1.807) is 7.11 Å². The Balaban J connectivity index is 2.21. The van der Waals surface area contributed by atoms with E-state index in [0.717, 1.165) is 32.4 Å². The van der Waals surface area contributed by atoms with Crippen LogP contribution in [0, 0.1) is 0 Å². The highest BCUT2D eigenvalue weighted by molar-refractivity contribution is 5.69. The molecule has 0 aromatic heterocycles. The molecule has 0 amide bonds. The van der Waals surface area contributed by atoms with Gasteiger partial charge in [-0.3, -0.25) is 9.69 Å². The zero-order valence-electron chi connectivity index (χ0n) is 9.85. The summed E-state index contributed by atoms with van der Waals surface area (Å²) >= 11 is 0. The molecule has 1 unspecified atom stereocenters. The second kappa shape index (κ2) is 7.60. The van der Waals surface area contributed by atoms with Gasteiger partial charge in [-0.2, -0.15) is 0 Å². The van der Waals surface area contributed by atoms with Crippen molar-refractivity contribution < 1.29 is 19.4 Å². The van der Waals surface area contributed by atoms with Crippen molar-refractivity contribution in [3.63, 3.8) is 0 Å². The molecule has 1 aliphatic rings. The molecule has 0 saturated carbocycles. The van der Waals surface area contributed by atoms with E-state index in [4.69, 9.17) is 14.6 Å². The van der Waals surface area contributed by atoms with Crippen LogP contribution in [0.15, 0.2) is 0 Å². The van der Waals surface area contributed by atoms with Gasteiger partial charge in [0.25, 0.3) is 0 Å². The van der Waals surface area contributed by atoms with Crippen molar-refractivity contribution >= 4 is 5.97 Å². The average molecular weight is 231 g/mol. The van der Waals surface area contributed by atoms with E-state index in [0.29, 0.717) is 19.3 Å². The molecular weight excluding hydrogens is 210 g/mol. The highest BCUT2D eigenvalue weighted by Gasteiger charge is 2.17. The Bertz CT molecular complexity index is 204. The molecule has 0 aliphatic carbocycles. The fraction of sp³-hybridized carbons (Fsp3) is 0.909. The molecule has 94 valence electrons. The van der Waals surface area contributed by atoms with Gasteiger partial charge in [-0.25, -0.2) is 0 Å². The van der Waals surface area contributed by atoms with Crippen LogP contribution in [-0.4, -0.2) is 62.0 Å². The van der Waals surface area contributed by atoms with Gasteiger partial charge < -0.3 is 14.6 Å². The highest BCUT2D eigenvalue weighted by atomic mass is 16.5. The number of rotatable bonds is 8. The lowest BCUT2D eigenvalue weighted by Crippen LogP contribution is -2.34. The molecular formula is C11H21NO4. The number of aliphatic carboxylic acids is 1. The first-order valence-corrected chi connectivity index (χ1v) is 5.77. The topological polar surface area (TPSA) is 59.0 Å². The monoisotopic (exact) mass is 231 g/mol. The number of hydrogen-bond donors (Lipinski definition) is 1.